The minimum absolute atomic E-state index is 0.0518. The molecule has 1 N–H and O–H groups in total. The SMILES string of the molecule is N#CCC(O)C1CCC(F)(F)CC1. The fraction of sp³-hybridized carbons (Fsp3) is 0.889. The Hall–Kier alpha value is -0.690. The Morgan fingerprint density at radius 2 is 2.00 bits per heavy atom. The van der Waals surface area contributed by atoms with Gasteiger partial charge in [-0.05, 0) is 18.8 Å². The van der Waals surface area contributed by atoms with Crippen molar-refractivity contribution in [2.45, 2.75) is 44.1 Å². The summed E-state index contributed by atoms with van der Waals surface area (Å²) >= 11 is 0. The van der Waals surface area contributed by atoms with Gasteiger partial charge in [-0.2, -0.15) is 5.26 Å². The maximum Gasteiger partial charge on any atom is 0.248 e. The Labute approximate surface area is 76.2 Å². The van der Waals surface area contributed by atoms with E-state index in [-0.39, 0.29) is 25.2 Å². The summed E-state index contributed by atoms with van der Waals surface area (Å²) in [4.78, 5) is 0. The van der Waals surface area contributed by atoms with Crippen molar-refractivity contribution in [1.29, 1.82) is 5.26 Å². The van der Waals surface area contributed by atoms with Gasteiger partial charge in [0, 0.05) is 12.8 Å². The molecule has 1 saturated carbocycles. The molecule has 0 aromatic carbocycles. The normalized spacial score (nSPS) is 25.1. The standard InChI is InChI=1S/C9H13F2NO/c10-9(11)4-1-7(2-5-9)8(13)3-6-12/h7-8,13H,1-5H2. The average Bonchev–Trinajstić information content (AvgIpc) is 2.04. The van der Waals surface area contributed by atoms with E-state index in [4.69, 9.17) is 5.26 Å². The van der Waals surface area contributed by atoms with E-state index in [1.165, 1.54) is 0 Å². The summed E-state index contributed by atoms with van der Waals surface area (Å²) in [6.45, 7) is 0. The topological polar surface area (TPSA) is 44.0 Å². The lowest BCUT2D eigenvalue weighted by Gasteiger charge is -2.30. The van der Waals surface area contributed by atoms with Crippen LogP contribution in [0.4, 0.5) is 8.78 Å². The number of aliphatic hydroxyl groups excluding tert-OH is 1. The predicted octanol–water partition coefficient (Wildman–Crippen LogP) is 2.09. The molecule has 1 aliphatic rings. The van der Waals surface area contributed by atoms with Gasteiger partial charge in [-0.1, -0.05) is 0 Å². The van der Waals surface area contributed by atoms with E-state index in [0.29, 0.717) is 12.8 Å². The summed E-state index contributed by atoms with van der Waals surface area (Å²) in [5.74, 6) is -2.66. The second kappa shape index (κ2) is 4.01. The molecular weight excluding hydrogens is 176 g/mol. The molecule has 4 heteroatoms. The van der Waals surface area contributed by atoms with E-state index in [1.54, 1.807) is 0 Å². The molecule has 0 aliphatic heterocycles. The molecule has 0 radical (unpaired) electrons. The second-order valence-corrected chi connectivity index (χ2v) is 3.62. The molecule has 1 atom stereocenters. The van der Waals surface area contributed by atoms with Crippen LogP contribution in [0.3, 0.4) is 0 Å². The lowest BCUT2D eigenvalue weighted by molar-refractivity contribution is -0.0614. The van der Waals surface area contributed by atoms with Crippen molar-refractivity contribution in [2.75, 3.05) is 0 Å². The molecule has 0 saturated heterocycles. The van der Waals surface area contributed by atoms with Gasteiger partial charge < -0.3 is 5.11 Å². The Morgan fingerprint density at radius 1 is 1.46 bits per heavy atom. The fourth-order valence-electron chi connectivity index (χ4n) is 1.71. The van der Waals surface area contributed by atoms with Crippen LogP contribution in [-0.4, -0.2) is 17.1 Å². The number of aliphatic hydroxyl groups is 1. The van der Waals surface area contributed by atoms with E-state index < -0.39 is 12.0 Å². The van der Waals surface area contributed by atoms with Crippen molar-refractivity contribution < 1.29 is 13.9 Å². The zero-order valence-electron chi connectivity index (χ0n) is 7.34. The summed E-state index contributed by atoms with van der Waals surface area (Å²) in [6.07, 6.45) is -0.316. The molecule has 1 unspecified atom stereocenters. The van der Waals surface area contributed by atoms with Crippen molar-refractivity contribution in [2.24, 2.45) is 5.92 Å². The highest BCUT2D eigenvalue weighted by atomic mass is 19.3. The van der Waals surface area contributed by atoms with Crippen LogP contribution >= 0.6 is 0 Å². The number of hydrogen-bond acceptors (Lipinski definition) is 2. The molecule has 0 aromatic rings. The molecule has 13 heavy (non-hydrogen) atoms. The average molecular weight is 189 g/mol. The molecule has 1 aliphatic carbocycles. The highest BCUT2D eigenvalue weighted by Gasteiger charge is 2.36. The van der Waals surface area contributed by atoms with Crippen molar-refractivity contribution >= 4 is 0 Å². The van der Waals surface area contributed by atoms with Gasteiger partial charge in [0.05, 0.1) is 18.6 Å². The monoisotopic (exact) mass is 189 g/mol. The van der Waals surface area contributed by atoms with E-state index in [1.807, 2.05) is 6.07 Å². The van der Waals surface area contributed by atoms with Crippen LogP contribution in [0.15, 0.2) is 0 Å². The lowest BCUT2D eigenvalue weighted by Crippen LogP contribution is -2.30. The van der Waals surface area contributed by atoms with Crippen molar-refractivity contribution in [3.05, 3.63) is 0 Å². The fourth-order valence-corrected chi connectivity index (χ4v) is 1.71. The molecule has 0 heterocycles. The lowest BCUT2D eigenvalue weighted by atomic mass is 9.82. The molecule has 2 nitrogen and oxygen atoms in total. The molecule has 0 bridgehead atoms. The number of hydrogen-bond donors (Lipinski definition) is 1. The summed E-state index contributed by atoms with van der Waals surface area (Å²) in [5.41, 5.74) is 0. The third-order valence-corrected chi connectivity index (χ3v) is 2.61. The van der Waals surface area contributed by atoms with Crippen molar-refractivity contribution in [1.82, 2.24) is 0 Å². The summed E-state index contributed by atoms with van der Waals surface area (Å²) in [7, 11) is 0. The highest BCUT2D eigenvalue weighted by molar-refractivity contribution is 4.85. The first-order valence-electron chi connectivity index (χ1n) is 4.48. The largest absolute Gasteiger partial charge is 0.392 e. The van der Waals surface area contributed by atoms with Gasteiger partial charge in [0.1, 0.15) is 0 Å². The third-order valence-electron chi connectivity index (χ3n) is 2.61. The van der Waals surface area contributed by atoms with Gasteiger partial charge >= 0.3 is 0 Å². The number of alkyl halides is 2. The van der Waals surface area contributed by atoms with Crippen LogP contribution in [0.1, 0.15) is 32.1 Å². The Balaban J connectivity index is 2.37. The van der Waals surface area contributed by atoms with Crippen LogP contribution < -0.4 is 0 Å². The molecule has 1 rings (SSSR count). The number of nitrogens with zero attached hydrogens (tertiary/aromatic N) is 1. The van der Waals surface area contributed by atoms with Crippen LogP contribution in [0.5, 0.6) is 0 Å². The third kappa shape index (κ3) is 2.92. The van der Waals surface area contributed by atoms with Gasteiger partial charge in [-0.3, -0.25) is 0 Å². The Kier molecular flexibility index (Phi) is 3.21. The number of nitriles is 1. The maximum absolute atomic E-state index is 12.7. The van der Waals surface area contributed by atoms with E-state index in [9.17, 15) is 13.9 Å². The first-order valence-corrected chi connectivity index (χ1v) is 4.48. The minimum Gasteiger partial charge on any atom is -0.392 e. The van der Waals surface area contributed by atoms with Crippen LogP contribution in [0.2, 0.25) is 0 Å². The van der Waals surface area contributed by atoms with E-state index in [2.05, 4.69) is 0 Å². The highest BCUT2D eigenvalue weighted by Crippen LogP contribution is 2.37. The number of rotatable bonds is 2. The van der Waals surface area contributed by atoms with E-state index in [0.717, 1.165) is 0 Å². The second-order valence-electron chi connectivity index (χ2n) is 3.62. The Bertz CT molecular complexity index is 202. The molecule has 74 valence electrons. The van der Waals surface area contributed by atoms with Crippen molar-refractivity contribution in [3.8, 4) is 6.07 Å². The van der Waals surface area contributed by atoms with E-state index >= 15 is 0 Å². The van der Waals surface area contributed by atoms with Gasteiger partial charge in [0.15, 0.2) is 0 Å². The van der Waals surface area contributed by atoms with Crippen LogP contribution in [0, 0.1) is 17.2 Å². The van der Waals surface area contributed by atoms with Gasteiger partial charge in [-0.25, -0.2) is 8.78 Å². The number of halogens is 2. The zero-order valence-corrected chi connectivity index (χ0v) is 7.34. The predicted molar refractivity (Wildman–Crippen MR) is 43.1 cm³/mol. The van der Waals surface area contributed by atoms with Crippen LogP contribution in [0.25, 0.3) is 0 Å². The summed E-state index contributed by atoms with van der Waals surface area (Å²) in [5, 5.41) is 17.7. The quantitative estimate of drug-likeness (QED) is 0.722. The first-order chi connectivity index (χ1) is 6.05. The smallest absolute Gasteiger partial charge is 0.248 e. The molecule has 0 aromatic heterocycles. The van der Waals surface area contributed by atoms with Gasteiger partial charge in [-0.15, -0.1) is 0 Å². The summed E-state index contributed by atoms with van der Waals surface area (Å²) < 4.78 is 25.4. The zero-order chi connectivity index (χ0) is 9.90. The van der Waals surface area contributed by atoms with Gasteiger partial charge in [0.25, 0.3) is 0 Å². The maximum atomic E-state index is 12.7. The molecule has 0 amide bonds. The summed E-state index contributed by atoms with van der Waals surface area (Å²) in [6, 6.07) is 1.85. The molecule has 0 spiro atoms. The molecular formula is C9H13F2NO. The van der Waals surface area contributed by atoms with Crippen molar-refractivity contribution in [3.63, 3.8) is 0 Å². The Morgan fingerprint density at radius 3 is 2.46 bits per heavy atom. The minimum atomic E-state index is -2.55. The first kappa shape index (κ1) is 10.4. The molecule has 1 fully saturated rings. The van der Waals surface area contributed by atoms with Crippen LogP contribution in [-0.2, 0) is 0 Å². The van der Waals surface area contributed by atoms with Gasteiger partial charge in [0.2, 0.25) is 5.92 Å².